The Morgan fingerprint density at radius 2 is 1.75 bits per heavy atom. The van der Waals surface area contributed by atoms with Crippen LogP contribution in [-0.2, 0) is 4.79 Å². The molecule has 1 amide bonds. The Kier molecular flexibility index (Phi) is 3.83. The van der Waals surface area contributed by atoms with Gasteiger partial charge >= 0.3 is 0 Å². The van der Waals surface area contributed by atoms with Crippen LogP contribution in [0.25, 0.3) is 0 Å². The Hall–Kier alpha value is -2.07. The van der Waals surface area contributed by atoms with Gasteiger partial charge in [0.1, 0.15) is 5.71 Å². The van der Waals surface area contributed by atoms with Gasteiger partial charge in [0.05, 0.1) is 5.69 Å². The number of rotatable bonds is 4. The number of anilines is 1. The number of para-hydroxylation sites is 1. The molecule has 0 aliphatic carbocycles. The minimum Gasteiger partial charge on any atom is -0.320 e. The van der Waals surface area contributed by atoms with Crippen LogP contribution in [0.2, 0.25) is 0 Å². The zero-order valence-electron chi connectivity index (χ0n) is 10.9. The van der Waals surface area contributed by atoms with Crippen LogP contribution < -0.4 is 5.32 Å². The van der Waals surface area contributed by atoms with Gasteiger partial charge in [0.25, 0.3) is 5.91 Å². The van der Waals surface area contributed by atoms with Crippen molar-refractivity contribution < 1.29 is 4.79 Å². The van der Waals surface area contributed by atoms with E-state index in [4.69, 9.17) is 0 Å². The maximum Gasteiger partial charge on any atom is 0.274 e. The summed E-state index contributed by atoms with van der Waals surface area (Å²) in [5.41, 5.74) is 2.31. The van der Waals surface area contributed by atoms with Gasteiger partial charge in [0, 0.05) is 22.8 Å². The molecule has 2 aromatic rings. The largest absolute Gasteiger partial charge is 0.320 e. The number of carbonyl (C=O) groups is 1. The summed E-state index contributed by atoms with van der Waals surface area (Å²) in [7, 11) is 0. The van der Waals surface area contributed by atoms with Crippen molar-refractivity contribution in [2.45, 2.75) is 4.90 Å². The number of nitrogens with zero attached hydrogens (tertiary/aromatic N) is 1. The summed E-state index contributed by atoms with van der Waals surface area (Å²) in [5, 5.41) is 2.83. The van der Waals surface area contributed by atoms with Gasteiger partial charge in [-0.3, -0.25) is 9.79 Å². The molecular formula is C16H14N2OS. The second kappa shape index (κ2) is 5.92. The highest BCUT2D eigenvalue weighted by Gasteiger charge is 2.24. The molecule has 1 N–H and O–H groups in total. The topological polar surface area (TPSA) is 41.5 Å². The Labute approximate surface area is 122 Å². The van der Waals surface area contributed by atoms with Crippen LogP contribution in [0.1, 0.15) is 5.56 Å². The minimum absolute atomic E-state index is 0.101. The van der Waals surface area contributed by atoms with E-state index in [0.29, 0.717) is 12.3 Å². The molecule has 0 unspecified atom stereocenters. The van der Waals surface area contributed by atoms with Gasteiger partial charge in [0.15, 0.2) is 0 Å². The number of hydrogen-bond donors (Lipinski definition) is 1. The third-order valence-electron chi connectivity index (χ3n) is 3.02. The van der Waals surface area contributed by atoms with Crippen molar-refractivity contribution in [1.29, 1.82) is 0 Å². The fraction of sp³-hybridized carbons (Fsp3) is 0.125. The lowest BCUT2D eigenvalue weighted by molar-refractivity contribution is -0.110. The number of nitrogens with one attached hydrogen (secondary N) is 1. The normalized spacial score (nSPS) is 15.2. The number of aliphatic imine (C=N–C) groups is 1. The van der Waals surface area contributed by atoms with E-state index < -0.39 is 0 Å². The Balaban J connectivity index is 1.64. The van der Waals surface area contributed by atoms with Gasteiger partial charge in [-0.25, -0.2) is 0 Å². The zero-order valence-corrected chi connectivity index (χ0v) is 11.7. The average Bonchev–Trinajstić information content (AvgIpc) is 2.80. The van der Waals surface area contributed by atoms with E-state index >= 15 is 0 Å². The predicted molar refractivity (Wildman–Crippen MR) is 83.6 cm³/mol. The SMILES string of the molecule is O=C1Nc2ccccc2C1=NCCSc1ccccc1. The molecule has 1 heterocycles. The Morgan fingerprint density at radius 1 is 1.00 bits per heavy atom. The number of hydrogen-bond acceptors (Lipinski definition) is 3. The van der Waals surface area contributed by atoms with E-state index in [0.717, 1.165) is 17.0 Å². The number of amides is 1. The quantitative estimate of drug-likeness (QED) is 0.691. The van der Waals surface area contributed by atoms with Crippen molar-refractivity contribution in [1.82, 2.24) is 0 Å². The van der Waals surface area contributed by atoms with Gasteiger partial charge in [0.2, 0.25) is 0 Å². The van der Waals surface area contributed by atoms with E-state index in [1.165, 1.54) is 4.90 Å². The van der Waals surface area contributed by atoms with Crippen molar-refractivity contribution in [3.05, 3.63) is 60.2 Å². The molecule has 0 aromatic heterocycles. The van der Waals surface area contributed by atoms with Crippen LogP contribution in [0.3, 0.4) is 0 Å². The molecule has 100 valence electrons. The van der Waals surface area contributed by atoms with Gasteiger partial charge < -0.3 is 5.32 Å². The number of fused-ring (bicyclic) bond motifs is 1. The molecule has 0 fully saturated rings. The summed E-state index contributed by atoms with van der Waals surface area (Å²) >= 11 is 1.75. The van der Waals surface area contributed by atoms with E-state index in [-0.39, 0.29) is 5.91 Å². The van der Waals surface area contributed by atoms with Crippen molar-refractivity contribution in [2.24, 2.45) is 4.99 Å². The standard InChI is InChI=1S/C16H14N2OS/c19-16-15(13-8-4-5-9-14(13)18-16)17-10-11-20-12-6-2-1-3-7-12/h1-9H,10-11H2,(H,17,18,19). The predicted octanol–water partition coefficient (Wildman–Crippen LogP) is 3.22. The molecule has 3 rings (SSSR count). The van der Waals surface area contributed by atoms with E-state index in [1.807, 2.05) is 42.5 Å². The molecule has 2 aromatic carbocycles. The van der Waals surface area contributed by atoms with Crippen LogP contribution in [0.4, 0.5) is 5.69 Å². The first kappa shape index (κ1) is 12.9. The highest BCUT2D eigenvalue weighted by Crippen LogP contribution is 2.23. The van der Waals surface area contributed by atoms with Crippen molar-refractivity contribution in [3.63, 3.8) is 0 Å². The fourth-order valence-corrected chi connectivity index (χ4v) is 2.86. The second-order valence-electron chi connectivity index (χ2n) is 4.39. The number of benzene rings is 2. The average molecular weight is 282 g/mol. The van der Waals surface area contributed by atoms with Gasteiger partial charge in [-0.05, 0) is 18.2 Å². The molecule has 0 atom stereocenters. The number of carbonyl (C=O) groups excluding carboxylic acids is 1. The first-order valence-corrected chi connectivity index (χ1v) is 7.46. The molecule has 0 saturated heterocycles. The summed E-state index contributed by atoms with van der Waals surface area (Å²) in [4.78, 5) is 17.5. The molecule has 3 nitrogen and oxygen atoms in total. The molecule has 0 spiro atoms. The fourth-order valence-electron chi connectivity index (χ4n) is 2.10. The maximum atomic E-state index is 11.8. The highest BCUT2D eigenvalue weighted by atomic mass is 32.2. The highest BCUT2D eigenvalue weighted by molar-refractivity contribution is 7.99. The van der Waals surface area contributed by atoms with E-state index in [9.17, 15) is 4.79 Å². The maximum absolute atomic E-state index is 11.8. The van der Waals surface area contributed by atoms with E-state index in [1.54, 1.807) is 11.8 Å². The summed E-state index contributed by atoms with van der Waals surface area (Å²) in [6.07, 6.45) is 0. The van der Waals surface area contributed by atoms with Gasteiger partial charge in [-0.1, -0.05) is 36.4 Å². The van der Waals surface area contributed by atoms with Gasteiger partial charge in [-0.2, -0.15) is 0 Å². The van der Waals surface area contributed by atoms with Crippen molar-refractivity contribution >= 4 is 29.1 Å². The van der Waals surface area contributed by atoms with Crippen LogP contribution in [-0.4, -0.2) is 23.9 Å². The minimum atomic E-state index is -0.101. The van der Waals surface area contributed by atoms with Crippen molar-refractivity contribution in [3.8, 4) is 0 Å². The van der Waals surface area contributed by atoms with Crippen LogP contribution in [0, 0.1) is 0 Å². The first-order valence-electron chi connectivity index (χ1n) is 6.47. The Morgan fingerprint density at radius 3 is 2.60 bits per heavy atom. The van der Waals surface area contributed by atoms with Crippen molar-refractivity contribution in [2.75, 3.05) is 17.6 Å². The summed E-state index contributed by atoms with van der Waals surface area (Å²) in [6, 6.07) is 17.9. The van der Waals surface area contributed by atoms with Gasteiger partial charge in [-0.15, -0.1) is 11.8 Å². The molecular weight excluding hydrogens is 268 g/mol. The zero-order chi connectivity index (χ0) is 13.8. The molecule has 1 aliphatic heterocycles. The monoisotopic (exact) mass is 282 g/mol. The third-order valence-corrected chi connectivity index (χ3v) is 4.01. The number of thioether (sulfide) groups is 1. The molecule has 4 heteroatoms. The Bertz CT molecular complexity index is 653. The summed E-state index contributed by atoms with van der Waals surface area (Å²) < 4.78 is 0. The molecule has 0 bridgehead atoms. The molecule has 0 radical (unpaired) electrons. The lowest BCUT2D eigenvalue weighted by Crippen LogP contribution is -2.15. The smallest absolute Gasteiger partial charge is 0.274 e. The van der Waals surface area contributed by atoms with E-state index in [2.05, 4.69) is 22.4 Å². The molecule has 1 aliphatic rings. The van der Waals surface area contributed by atoms with Crippen LogP contribution >= 0.6 is 11.8 Å². The van der Waals surface area contributed by atoms with Crippen LogP contribution in [0.15, 0.2) is 64.5 Å². The third kappa shape index (κ3) is 2.75. The molecule has 20 heavy (non-hydrogen) atoms. The van der Waals surface area contributed by atoms with Crippen LogP contribution in [0.5, 0.6) is 0 Å². The first-order chi connectivity index (χ1) is 9.84. The lowest BCUT2D eigenvalue weighted by Gasteiger charge is -1.99. The molecule has 0 saturated carbocycles. The second-order valence-corrected chi connectivity index (χ2v) is 5.56. The lowest BCUT2D eigenvalue weighted by atomic mass is 10.1. The summed E-state index contributed by atoms with van der Waals surface area (Å²) in [5.74, 6) is 0.763. The summed E-state index contributed by atoms with van der Waals surface area (Å²) in [6.45, 7) is 0.636.